The monoisotopic (exact) mass is 332 g/mol. The molecule has 1 aromatic carbocycles. The molecule has 0 heterocycles. The van der Waals surface area contributed by atoms with Gasteiger partial charge in [-0.15, -0.1) is 0 Å². The summed E-state index contributed by atoms with van der Waals surface area (Å²) in [5.74, 6) is 0.291. The molecule has 0 amide bonds. The minimum atomic E-state index is -0.826. The fraction of sp³-hybridized carbons (Fsp3) is 0. The normalized spacial score (nSPS) is 7.91. The molecule has 0 atom stereocenters. The molecule has 0 bridgehead atoms. The van der Waals surface area contributed by atoms with Gasteiger partial charge >= 0.3 is 37.9 Å². The summed E-state index contributed by atoms with van der Waals surface area (Å²) in [5, 5.41) is 8.78. The van der Waals surface area contributed by atoms with Gasteiger partial charge in [0.2, 0.25) is 0 Å². The summed E-state index contributed by atoms with van der Waals surface area (Å²) in [5.41, 5.74) is 0. The molecule has 0 aliphatic carbocycles. The summed E-state index contributed by atoms with van der Waals surface area (Å²) in [6.45, 7) is 0. The van der Waals surface area contributed by atoms with E-state index >= 15 is 0 Å². The zero-order chi connectivity index (χ0) is 8.69. The van der Waals surface area contributed by atoms with Crippen molar-refractivity contribution in [2.45, 2.75) is 0 Å². The Labute approximate surface area is 92.5 Å². The van der Waals surface area contributed by atoms with Crippen LogP contribution in [0.25, 0.3) is 0 Å². The van der Waals surface area contributed by atoms with Crippen molar-refractivity contribution in [2.24, 2.45) is 0 Å². The van der Waals surface area contributed by atoms with Crippen molar-refractivity contribution in [3.8, 4) is 5.75 Å². The quantitative estimate of drug-likeness (QED) is 0.769. The summed E-state index contributed by atoms with van der Waals surface area (Å²) in [4.78, 5) is 0. The topological polar surface area (TPSA) is 20.2 Å². The Morgan fingerprint density at radius 3 is 2.18 bits per heavy atom. The Morgan fingerprint density at radius 2 is 1.91 bits per heavy atom. The molecule has 0 saturated carbocycles. The van der Waals surface area contributed by atoms with Crippen LogP contribution in [0.2, 0.25) is 0 Å². The van der Waals surface area contributed by atoms with Gasteiger partial charge < -0.3 is 5.11 Å². The molecule has 1 N–H and O–H groups in total. The number of aromatic hydroxyl groups is 1. The number of benzene rings is 1. The number of phenolic OH excluding ortho intramolecular Hbond substituents is 1. The van der Waals surface area contributed by atoms with Gasteiger partial charge in [-0.2, -0.15) is 0 Å². The Balaban J connectivity index is 0.000000292. The van der Waals surface area contributed by atoms with Gasteiger partial charge in [0.25, 0.3) is 0 Å². The van der Waals surface area contributed by atoms with Gasteiger partial charge in [-0.05, 0) is 18.2 Å². The molecular formula is C6H5BrCl2OZr. The van der Waals surface area contributed by atoms with E-state index in [-0.39, 0.29) is 0 Å². The van der Waals surface area contributed by atoms with Gasteiger partial charge in [-0.25, -0.2) is 0 Å². The molecule has 0 aromatic heterocycles. The summed E-state index contributed by atoms with van der Waals surface area (Å²) in [6.07, 6.45) is 0. The van der Waals surface area contributed by atoms with Gasteiger partial charge in [-0.1, -0.05) is 22.0 Å². The summed E-state index contributed by atoms with van der Waals surface area (Å²) in [7, 11) is 9.87. The van der Waals surface area contributed by atoms with Crippen molar-refractivity contribution in [2.75, 3.05) is 0 Å². The zero-order valence-corrected chi connectivity index (χ0v) is 10.9. The molecule has 11 heavy (non-hydrogen) atoms. The average molecular weight is 335 g/mol. The van der Waals surface area contributed by atoms with Crippen LogP contribution in [-0.4, -0.2) is 5.11 Å². The molecule has 0 fully saturated rings. The molecule has 0 spiro atoms. The number of hydrogen-bond acceptors (Lipinski definition) is 1. The van der Waals surface area contributed by atoms with Crippen LogP contribution in [0.15, 0.2) is 28.7 Å². The SMILES string of the molecule is Oc1cccc(Br)c1.[Cl][Zr][Cl]. The second kappa shape index (κ2) is 7.60. The van der Waals surface area contributed by atoms with Crippen LogP contribution in [0.1, 0.15) is 0 Å². The average Bonchev–Trinajstić information content (AvgIpc) is 1.88. The van der Waals surface area contributed by atoms with Gasteiger partial charge in [-0.3, -0.25) is 0 Å². The molecule has 1 aromatic rings. The summed E-state index contributed by atoms with van der Waals surface area (Å²) >= 11 is 2.38. The standard InChI is InChI=1S/C6H5BrO.2ClH.Zr/c7-5-2-1-3-6(8)4-5;;;/h1-4,8H;2*1H;/q;;;+2/p-2. The first kappa shape index (κ1) is 12.0. The van der Waals surface area contributed by atoms with E-state index in [1.807, 2.05) is 6.07 Å². The number of phenols is 1. The molecule has 0 aliphatic heterocycles. The second-order valence-electron chi connectivity index (χ2n) is 1.55. The van der Waals surface area contributed by atoms with E-state index in [0.717, 1.165) is 4.47 Å². The predicted octanol–water partition coefficient (Wildman–Crippen LogP) is 3.53. The zero-order valence-electron chi connectivity index (χ0n) is 5.39. The maximum absolute atomic E-state index is 8.78. The van der Waals surface area contributed by atoms with E-state index in [2.05, 4.69) is 15.9 Å². The molecule has 1 rings (SSSR count). The molecule has 0 radical (unpaired) electrons. The van der Waals surface area contributed by atoms with Gasteiger partial charge in [0.1, 0.15) is 5.75 Å². The first-order valence-electron chi connectivity index (χ1n) is 2.61. The fourth-order valence-corrected chi connectivity index (χ4v) is 0.863. The Morgan fingerprint density at radius 1 is 1.36 bits per heavy atom. The van der Waals surface area contributed by atoms with E-state index in [1.54, 1.807) is 18.2 Å². The molecule has 1 nitrogen and oxygen atoms in total. The first-order valence-corrected chi connectivity index (χ1v) is 9.74. The Hall–Kier alpha value is 0.963. The Kier molecular flexibility index (Phi) is 8.27. The van der Waals surface area contributed by atoms with Crippen LogP contribution >= 0.6 is 33.0 Å². The van der Waals surface area contributed by atoms with Gasteiger partial charge in [0, 0.05) is 4.47 Å². The minimum absolute atomic E-state index is 0.291. The van der Waals surface area contributed by atoms with Crippen LogP contribution in [0.4, 0.5) is 0 Å². The maximum atomic E-state index is 8.78. The van der Waals surface area contributed by atoms with E-state index in [0.29, 0.717) is 5.75 Å². The van der Waals surface area contributed by atoms with E-state index in [4.69, 9.17) is 22.1 Å². The number of halogens is 3. The van der Waals surface area contributed by atoms with Crippen molar-refractivity contribution in [3.05, 3.63) is 28.7 Å². The summed E-state index contributed by atoms with van der Waals surface area (Å²) in [6, 6.07) is 6.91. The van der Waals surface area contributed by atoms with Crippen molar-refractivity contribution < 1.29 is 26.0 Å². The van der Waals surface area contributed by atoms with Crippen LogP contribution in [0, 0.1) is 0 Å². The third-order valence-electron chi connectivity index (χ3n) is 0.808. The van der Waals surface area contributed by atoms with Crippen molar-refractivity contribution >= 4 is 33.0 Å². The second-order valence-corrected chi connectivity index (χ2v) is 6.20. The van der Waals surface area contributed by atoms with E-state index in [9.17, 15) is 0 Å². The summed E-state index contributed by atoms with van der Waals surface area (Å²) < 4.78 is 0.900. The molecular weight excluding hydrogens is 330 g/mol. The van der Waals surface area contributed by atoms with Crippen LogP contribution < -0.4 is 0 Å². The van der Waals surface area contributed by atoms with Crippen LogP contribution in [0.3, 0.4) is 0 Å². The van der Waals surface area contributed by atoms with Crippen LogP contribution in [-0.2, 0) is 20.8 Å². The first-order chi connectivity index (χ1) is 5.20. The number of hydrogen-bond donors (Lipinski definition) is 1. The molecule has 60 valence electrons. The molecule has 0 unspecified atom stereocenters. The number of rotatable bonds is 0. The predicted molar refractivity (Wildman–Crippen MR) is 47.5 cm³/mol. The molecule has 5 heteroatoms. The Bertz CT molecular complexity index is 192. The third-order valence-corrected chi connectivity index (χ3v) is 1.30. The fourth-order valence-electron chi connectivity index (χ4n) is 0.476. The third kappa shape index (κ3) is 7.33. The van der Waals surface area contributed by atoms with E-state index in [1.165, 1.54) is 0 Å². The van der Waals surface area contributed by atoms with E-state index < -0.39 is 20.8 Å². The van der Waals surface area contributed by atoms with Crippen molar-refractivity contribution in [3.63, 3.8) is 0 Å². The van der Waals surface area contributed by atoms with Crippen molar-refractivity contribution in [1.82, 2.24) is 0 Å². The van der Waals surface area contributed by atoms with Crippen molar-refractivity contribution in [1.29, 1.82) is 0 Å². The van der Waals surface area contributed by atoms with Gasteiger partial charge in [0.05, 0.1) is 0 Å². The molecule has 0 aliphatic rings. The molecule has 0 saturated heterocycles. The van der Waals surface area contributed by atoms with Crippen LogP contribution in [0.5, 0.6) is 5.75 Å². The van der Waals surface area contributed by atoms with Gasteiger partial charge in [0.15, 0.2) is 0 Å².